The second-order valence-corrected chi connectivity index (χ2v) is 7.95. The molecule has 1 aliphatic rings. The maximum atomic E-state index is 11.4. The Kier molecular flexibility index (Phi) is 5.51. The molecule has 1 aliphatic carbocycles. The smallest absolute Gasteiger partial charge is 0.207 e. The number of nitrogens with one attached hydrogen (secondary N) is 1. The van der Waals surface area contributed by atoms with Gasteiger partial charge in [0.2, 0.25) is 6.41 Å². The molecular formula is C23H27N3O. The van der Waals surface area contributed by atoms with Gasteiger partial charge in [0.15, 0.2) is 0 Å². The van der Waals surface area contributed by atoms with Gasteiger partial charge < -0.3 is 10.2 Å². The lowest BCUT2D eigenvalue weighted by Crippen LogP contribution is -2.56. The van der Waals surface area contributed by atoms with Gasteiger partial charge >= 0.3 is 0 Å². The number of carbonyl (C=O) groups excluding carboxylic acids is 1. The highest BCUT2D eigenvalue weighted by Crippen LogP contribution is 2.43. The lowest BCUT2D eigenvalue weighted by Gasteiger charge is -2.47. The molecule has 0 spiro atoms. The molecule has 4 heteroatoms. The number of amides is 1. The van der Waals surface area contributed by atoms with Crippen molar-refractivity contribution < 1.29 is 4.79 Å². The summed E-state index contributed by atoms with van der Waals surface area (Å²) < 4.78 is 0. The van der Waals surface area contributed by atoms with Crippen molar-refractivity contribution in [1.82, 2.24) is 5.32 Å². The van der Waals surface area contributed by atoms with Crippen LogP contribution in [-0.4, -0.2) is 25.5 Å². The van der Waals surface area contributed by atoms with E-state index in [4.69, 9.17) is 0 Å². The molecule has 1 N–H and O–H groups in total. The Morgan fingerprint density at radius 3 is 2.33 bits per heavy atom. The number of hydrogen-bond donors (Lipinski definition) is 1. The lowest BCUT2D eigenvalue weighted by atomic mass is 9.65. The van der Waals surface area contributed by atoms with E-state index in [0.29, 0.717) is 12.1 Å². The second kappa shape index (κ2) is 7.84. The summed E-state index contributed by atoms with van der Waals surface area (Å²) in [7, 11) is 2.00. The summed E-state index contributed by atoms with van der Waals surface area (Å²) in [5, 5.41) is 12.5. The van der Waals surface area contributed by atoms with Gasteiger partial charge in [0, 0.05) is 13.6 Å². The number of para-hydroxylation sites is 1. The van der Waals surface area contributed by atoms with Gasteiger partial charge in [0.1, 0.15) is 6.07 Å². The van der Waals surface area contributed by atoms with Gasteiger partial charge in [-0.1, -0.05) is 49.4 Å². The van der Waals surface area contributed by atoms with Crippen LogP contribution in [0.4, 0.5) is 5.69 Å². The number of rotatable bonds is 6. The molecule has 2 aromatic carbocycles. The van der Waals surface area contributed by atoms with Crippen LogP contribution >= 0.6 is 0 Å². The molecule has 3 rings (SSSR count). The molecule has 0 saturated heterocycles. The second-order valence-electron chi connectivity index (χ2n) is 7.95. The van der Waals surface area contributed by atoms with Crippen molar-refractivity contribution in [3.8, 4) is 6.07 Å². The monoisotopic (exact) mass is 361 g/mol. The fourth-order valence-corrected chi connectivity index (χ4v) is 4.32. The van der Waals surface area contributed by atoms with Gasteiger partial charge in [-0.2, -0.15) is 5.26 Å². The Hall–Kier alpha value is -2.80. The van der Waals surface area contributed by atoms with Crippen molar-refractivity contribution in [3.63, 3.8) is 0 Å². The molecule has 1 saturated carbocycles. The fraction of sp³-hybridized carbons (Fsp3) is 0.391. The van der Waals surface area contributed by atoms with E-state index in [0.717, 1.165) is 37.8 Å². The molecule has 1 fully saturated rings. The molecule has 2 aromatic rings. The van der Waals surface area contributed by atoms with Gasteiger partial charge in [0.25, 0.3) is 0 Å². The Morgan fingerprint density at radius 1 is 1.07 bits per heavy atom. The SMILES string of the molecule is CN(C[C@]1(NC=O)CC[C@](C)(c2ccccc2)CC1)c1ccccc1C#N. The van der Waals surface area contributed by atoms with Crippen LogP contribution in [-0.2, 0) is 10.2 Å². The number of nitriles is 1. The van der Waals surface area contributed by atoms with Gasteiger partial charge in [-0.3, -0.25) is 4.79 Å². The predicted molar refractivity (Wildman–Crippen MR) is 109 cm³/mol. The Balaban J connectivity index is 1.78. The lowest BCUT2D eigenvalue weighted by molar-refractivity contribution is -0.111. The van der Waals surface area contributed by atoms with Crippen LogP contribution in [0.2, 0.25) is 0 Å². The largest absolute Gasteiger partial charge is 0.371 e. The summed E-state index contributed by atoms with van der Waals surface area (Å²) in [6.45, 7) is 3.01. The molecule has 140 valence electrons. The summed E-state index contributed by atoms with van der Waals surface area (Å²) in [5.41, 5.74) is 2.80. The molecule has 0 radical (unpaired) electrons. The van der Waals surface area contributed by atoms with Crippen molar-refractivity contribution in [3.05, 3.63) is 65.7 Å². The molecule has 27 heavy (non-hydrogen) atoms. The summed E-state index contributed by atoms with van der Waals surface area (Å²) in [6.07, 6.45) is 4.69. The summed E-state index contributed by atoms with van der Waals surface area (Å²) in [5.74, 6) is 0. The zero-order valence-corrected chi connectivity index (χ0v) is 16.1. The molecule has 0 bridgehead atoms. The third kappa shape index (κ3) is 3.98. The maximum absolute atomic E-state index is 11.4. The predicted octanol–water partition coefficient (Wildman–Crippen LogP) is 4.01. The van der Waals surface area contributed by atoms with Gasteiger partial charge in [-0.15, -0.1) is 0 Å². The third-order valence-electron chi connectivity index (χ3n) is 6.12. The van der Waals surface area contributed by atoms with E-state index in [1.165, 1.54) is 5.56 Å². The number of nitrogens with zero attached hydrogens (tertiary/aromatic N) is 2. The maximum Gasteiger partial charge on any atom is 0.207 e. The van der Waals surface area contributed by atoms with Crippen molar-refractivity contribution in [2.24, 2.45) is 0 Å². The van der Waals surface area contributed by atoms with Crippen molar-refractivity contribution in [2.75, 3.05) is 18.5 Å². The van der Waals surface area contributed by atoms with E-state index in [-0.39, 0.29) is 11.0 Å². The number of benzene rings is 2. The van der Waals surface area contributed by atoms with E-state index in [9.17, 15) is 10.1 Å². The summed E-state index contributed by atoms with van der Waals surface area (Å²) >= 11 is 0. The Morgan fingerprint density at radius 2 is 1.70 bits per heavy atom. The number of hydrogen-bond acceptors (Lipinski definition) is 3. The van der Waals surface area contributed by atoms with Crippen LogP contribution in [0.1, 0.15) is 43.7 Å². The van der Waals surface area contributed by atoms with E-state index in [2.05, 4.69) is 53.5 Å². The van der Waals surface area contributed by atoms with Crippen LogP contribution in [0.3, 0.4) is 0 Å². The number of carbonyl (C=O) groups is 1. The first-order valence-corrected chi connectivity index (χ1v) is 9.49. The van der Waals surface area contributed by atoms with Crippen LogP contribution in [0.15, 0.2) is 54.6 Å². The number of anilines is 1. The van der Waals surface area contributed by atoms with Crippen molar-refractivity contribution in [1.29, 1.82) is 5.26 Å². The summed E-state index contributed by atoms with van der Waals surface area (Å²) in [6, 6.07) is 20.5. The average molecular weight is 361 g/mol. The molecule has 0 aromatic heterocycles. The van der Waals surface area contributed by atoms with E-state index < -0.39 is 0 Å². The average Bonchev–Trinajstić information content (AvgIpc) is 2.71. The molecular weight excluding hydrogens is 334 g/mol. The highest BCUT2D eigenvalue weighted by molar-refractivity contribution is 5.59. The summed E-state index contributed by atoms with van der Waals surface area (Å²) in [4.78, 5) is 13.5. The first kappa shape index (κ1) is 19.0. The van der Waals surface area contributed by atoms with E-state index in [1.54, 1.807) is 0 Å². The molecule has 0 unspecified atom stereocenters. The molecule has 0 atom stereocenters. The molecule has 4 nitrogen and oxygen atoms in total. The zero-order valence-electron chi connectivity index (χ0n) is 16.1. The first-order valence-electron chi connectivity index (χ1n) is 9.49. The Bertz CT molecular complexity index is 817. The quantitative estimate of drug-likeness (QED) is 0.791. The van der Waals surface area contributed by atoms with Gasteiger partial charge in [-0.25, -0.2) is 0 Å². The highest BCUT2D eigenvalue weighted by Gasteiger charge is 2.41. The minimum atomic E-state index is -0.270. The van der Waals surface area contributed by atoms with Crippen LogP contribution in [0, 0.1) is 11.3 Å². The fourth-order valence-electron chi connectivity index (χ4n) is 4.32. The minimum Gasteiger partial charge on any atom is -0.371 e. The molecule has 0 heterocycles. The van der Waals surface area contributed by atoms with Crippen LogP contribution in [0.5, 0.6) is 0 Å². The van der Waals surface area contributed by atoms with Crippen molar-refractivity contribution in [2.45, 2.75) is 43.6 Å². The van der Waals surface area contributed by atoms with Crippen LogP contribution < -0.4 is 10.2 Å². The van der Waals surface area contributed by atoms with Gasteiger partial charge in [-0.05, 0) is 48.8 Å². The zero-order chi connectivity index (χ0) is 19.3. The van der Waals surface area contributed by atoms with E-state index in [1.807, 2.05) is 31.3 Å². The topological polar surface area (TPSA) is 56.1 Å². The van der Waals surface area contributed by atoms with Crippen molar-refractivity contribution >= 4 is 12.1 Å². The Labute approximate surface area is 161 Å². The highest BCUT2D eigenvalue weighted by atomic mass is 16.1. The molecule has 0 aliphatic heterocycles. The van der Waals surface area contributed by atoms with E-state index >= 15 is 0 Å². The third-order valence-corrected chi connectivity index (χ3v) is 6.12. The standard InChI is InChI=1S/C23H27N3O/c1-22(20-9-4-3-5-10-20)12-14-23(15-13-22,25-18-27)17-26(2)21-11-7-6-8-19(21)16-24/h3-11,18H,12-15,17H2,1-2H3,(H,25,27)/t22-,23-. The van der Waals surface area contributed by atoms with Crippen LogP contribution in [0.25, 0.3) is 0 Å². The number of likely N-dealkylation sites (N-methyl/N-ethyl adjacent to an activating group) is 1. The normalized spacial score (nSPS) is 24.6. The first-order chi connectivity index (χ1) is 13.0. The molecule has 1 amide bonds. The van der Waals surface area contributed by atoms with Gasteiger partial charge in [0.05, 0.1) is 16.8 Å². The minimum absolute atomic E-state index is 0.137.